The maximum absolute atomic E-state index is 11.5. The zero-order chi connectivity index (χ0) is 10.6. The van der Waals surface area contributed by atoms with E-state index < -0.39 is 0 Å². The Bertz CT molecular complexity index is 309. The Morgan fingerprint density at radius 1 is 1.64 bits per heavy atom. The third kappa shape index (κ3) is 3.43. The standard InChI is InChI=1S/C9H15N3OS/c1-7-6-11-9(14-7)8(13)10-4-5-12(2)3/h6H,4-5H2,1-3H3,(H,10,13). The number of rotatable bonds is 4. The molecule has 1 aromatic heterocycles. The smallest absolute Gasteiger partial charge is 0.280 e. The minimum atomic E-state index is -0.0787. The second-order valence-corrected chi connectivity index (χ2v) is 4.57. The van der Waals surface area contributed by atoms with Gasteiger partial charge in [0.2, 0.25) is 0 Å². The monoisotopic (exact) mass is 213 g/mol. The second kappa shape index (κ2) is 5.07. The molecule has 1 aromatic rings. The fraction of sp³-hybridized carbons (Fsp3) is 0.556. The van der Waals surface area contributed by atoms with Crippen LogP contribution in [0.25, 0.3) is 0 Å². The highest BCUT2D eigenvalue weighted by Gasteiger charge is 2.08. The molecule has 5 heteroatoms. The normalized spacial score (nSPS) is 10.6. The molecule has 0 saturated heterocycles. The van der Waals surface area contributed by atoms with E-state index in [4.69, 9.17) is 0 Å². The molecule has 0 aliphatic heterocycles. The number of carbonyl (C=O) groups is 1. The van der Waals surface area contributed by atoms with E-state index in [2.05, 4.69) is 10.3 Å². The van der Waals surface area contributed by atoms with Crippen molar-refractivity contribution in [3.63, 3.8) is 0 Å². The molecule has 1 amide bonds. The Kier molecular flexibility index (Phi) is 4.03. The molecule has 4 nitrogen and oxygen atoms in total. The van der Waals surface area contributed by atoms with E-state index in [0.717, 1.165) is 11.4 Å². The Balaban J connectivity index is 2.36. The van der Waals surface area contributed by atoms with Gasteiger partial charge in [-0.15, -0.1) is 11.3 Å². The van der Waals surface area contributed by atoms with Gasteiger partial charge in [0.15, 0.2) is 5.01 Å². The number of likely N-dealkylation sites (N-methyl/N-ethyl adjacent to an activating group) is 1. The first-order chi connectivity index (χ1) is 6.59. The van der Waals surface area contributed by atoms with Crippen molar-refractivity contribution in [1.29, 1.82) is 0 Å². The Morgan fingerprint density at radius 2 is 2.36 bits per heavy atom. The van der Waals surface area contributed by atoms with E-state index >= 15 is 0 Å². The number of aromatic nitrogens is 1. The lowest BCUT2D eigenvalue weighted by Crippen LogP contribution is -2.31. The average Bonchev–Trinajstić information content (AvgIpc) is 2.51. The number of aryl methyl sites for hydroxylation is 1. The van der Waals surface area contributed by atoms with Crippen molar-refractivity contribution in [3.05, 3.63) is 16.1 Å². The van der Waals surface area contributed by atoms with Gasteiger partial charge in [0, 0.05) is 24.2 Å². The lowest BCUT2D eigenvalue weighted by molar-refractivity contribution is 0.0950. The van der Waals surface area contributed by atoms with Crippen LogP contribution in [0.4, 0.5) is 0 Å². The number of carbonyl (C=O) groups excluding carboxylic acids is 1. The van der Waals surface area contributed by atoms with Crippen LogP contribution in [0.2, 0.25) is 0 Å². The molecule has 0 atom stereocenters. The first-order valence-corrected chi connectivity index (χ1v) is 5.26. The predicted octanol–water partition coefficient (Wildman–Crippen LogP) is 0.743. The summed E-state index contributed by atoms with van der Waals surface area (Å²) < 4.78 is 0. The molecule has 0 saturated carbocycles. The van der Waals surface area contributed by atoms with Crippen LogP contribution in [0.1, 0.15) is 14.7 Å². The molecule has 0 bridgehead atoms. The van der Waals surface area contributed by atoms with Crippen LogP contribution in [0, 0.1) is 6.92 Å². The average molecular weight is 213 g/mol. The van der Waals surface area contributed by atoms with Crippen LogP contribution >= 0.6 is 11.3 Å². The maximum atomic E-state index is 11.5. The number of amides is 1. The van der Waals surface area contributed by atoms with Crippen molar-refractivity contribution in [2.75, 3.05) is 27.2 Å². The third-order valence-corrected chi connectivity index (χ3v) is 2.57. The Morgan fingerprint density at radius 3 is 2.86 bits per heavy atom. The van der Waals surface area contributed by atoms with Crippen molar-refractivity contribution >= 4 is 17.2 Å². The molecule has 0 aliphatic carbocycles. The predicted molar refractivity (Wildman–Crippen MR) is 57.7 cm³/mol. The van der Waals surface area contributed by atoms with Gasteiger partial charge in [-0.2, -0.15) is 0 Å². The molecule has 14 heavy (non-hydrogen) atoms. The van der Waals surface area contributed by atoms with Crippen LogP contribution in [-0.4, -0.2) is 43.0 Å². The fourth-order valence-corrected chi connectivity index (χ4v) is 1.61. The lowest BCUT2D eigenvalue weighted by atomic mass is 10.5. The molecule has 1 heterocycles. The van der Waals surface area contributed by atoms with Crippen LogP contribution in [-0.2, 0) is 0 Å². The van der Waals surface area contributed by atoms with Crippen molar-refractivity contribution < 1.29 is 4.79 Å². The van der Waals surface area contributed by atoms with E-state index in [-0.39, 0.29) is 5.91 Å². The molecular formula is C9H15N3OS. The van der Waals surface area contributed by atoms with Gasteiger partial charge >= 0.3 is 0 Å². The first kappa shape index (κ1) is 11.1. The van der Waals surface area contributed by atoms with E-state index in [1.165, 1.54) is 11.3 Å². The topological polar surface area (TPSA) is 45.2 Å². The summed E-state index contributed by atoms with van der Waals surface area (Å²) in [6.07, 6.45) is 1.71. The minimum Gasteiger partial charge on any atom is -0.349 e. The van der Waals surface area contributed by atoms with Gasteiger partial charge in [-0.25, -0.2) is 4.98 Å². The molecule has 1 rings (SSSR count). The number of hydrogen-bond acceptors (Lipinski definition) is 4. The fourth-order valence-electron chi connectivity index (χ4n) is 0.928. The Hall–Kier alpha value is -0.940. The van der Waals surface area contributed by atoms with Gasteiger partial charge in [-0.05, 0) is 21.0 Å². The van der Waals surface area contributed by atoms with E-state index in [1.807, 2.05) is 25.9 Å². The molecule has 0 radical (unpaired) electrons. The van der Waals surface area contributed by atoms with Crippen molar-refractivity contribution in [2.24, 2.45) is 0 Å². The van der Waals surface area contributed by atoms with Gasteiger partial charge in [-0.3, -0.25) is 4.79 Å². The quantitative estimate of drug-likeness (QED) is 0.802. The molecule has 0 spiro atoms. The van der Waals surface area contributed by atoms with Crippen LogP contribution in [0.5, 0.6) is 0 Å². The molecular weight excluding hydrogens is 198 g/mol. The summed E-state index contributed by atoms with van der Waals surface area (Å²) in [5, 5.41) is 3.35. The summed E-state index contributed by atoms with van der Waals surface area (Å²) in [5.74, 6) is -0.0787. The summed E-state index contributed by atoms with van der Waals surface area (Å²) in [4.78, 5) is 18.5. The zero-order valence-electron chi connectivity index (χ0n) is 8.70. The largest absolute Gasteiger partial charge is 0.349 e. The lowest BCUT2D eigenvalue weighted by Gasteiger charge is -2.09. The molecule has 1 N–H and O–H groups in total. The number of nitrogens with zero attached hydrogens (tertiary/aromatic N) is 2. The van der Waals surface area contributed by atoms with E-state index in [1.54, 1.807) is 6.20 Å². The highest BCUT2D eigenvalue weighted by Crippen LogP contribution is 2.10. The molecule has 0 fully saturated rings. The van der Waals surface area contributed by atoms with Gasteiger partial charge in [-0.1, -0.05) is 0 Å². The van der Waals surface area contributed by atoms with Crippen LogP contribution in [0.15, 0.2) is 6.20 Å². The number of hydrogen-bond donors (Lipinski definition) is 1. The van der Waals surface area contributed by atoms with E-state index in [9.17, 15) is 4.79 Å². The summed E-state index contributed by atoms with van der Waals surface area (Å²) in [5.41, 5.74) is 0. The highest BCUT2D eigenvalue weighted by atomic mass is 32.1. The maximum Gasteiger partial charge on any atom is 0.280 e. The SMILES string of the molecule is Cc1cnc(C(=O)NCCN(C)C)s1. The number of thiazole rings is 1. The van der Waals surface area contributed by atoms with Crippen molar-refractivity contribution in [1.82, 2.24) is 15.2 Å². The van der Waals surface area contributed by atoms with Crippen molar-refractivity contribution in [3.8, 4) is 0 Å². The second-order valence-electron chi connectivity index (χ2n) is 3.34. The Labute approximate surface area is 88.0 Å². The summed E-state index contributed by atoms with van der Waals surface area (Å²) in [6.45, 7) is 3.44. The van der Waals surface area contributed by atoms with Gasteiger partial charge in [0.1, 0.15) is 0 Å². The molecule has 0 unspecified atom stereocenters. The zero-order valence-corrected chi connectivity index (χ0v) is 9.52. The highest BCUT2D eigenvalue weighted by molar-refractivity contribution is 7.13. The molecule has 0 aromatic carbocycles. The first-order valence-electron chi connectivity index (χ1n) is 4.45. The van der Waals surface area contributed by atoms with Gasteiger partial charge < -0.3 is 10.2 Å². The van der Waals surface area contributed by atoms with Gasteiger partial charge in [0.05, 0.1) is 0 Å². The van der Waals surface area contributed by atoms with Crippen molar-refractivity contribution in [2.45, 2.75) is 6.92 Å². The van der Waals surface area contributed by atoms with Crippen LogP contribution < -0.4 is 5.32 Å². The molecule has 0 aliphatic rings. The van der Waals surface area contributed by atoms with Crippen LogP contribution in [0.3, 0.4) is 0 Å². The summed E-state index contributed by atoms with van der Waals surface area (Å²) in [6, 6.07) is 0. The van der Waals surface area contributed by atoms with Gasteiger partial charge in [0.25, 0.3) is 5.91 Å². The summed E-state index contributed by atoms with van der Waals surface area (Å²) in [7, 11) is 3.94. The number of nitrogens with one attached hydrogen (secondary N) is 1. The molecule has 78 valence electrons. The third-order valence-electron chi connectivity index (χ3n) is 1.66. The summed E-state index contributed by atoms with van der Waals surface area (Å²) >= 11 is 1.42. The van der Waals surface area contributed by atoms with E-state index in [0.29, 0.717) is 11.6 Å². The minimum absolute atomic E-state index is 0.0787.